The summed E-state index contributed by atoms with van der Waals surface area (Å²) in [7, 11) is -2.71. The summed E-state index contributed by atoms with van der Waals surface area (Å²) in [5.41, 5.74) is 0.152. The summed E-state index contributed by atoms with van der Waals surface area (Å²) in [6, 6.07) is 10.2. The number of rotatable bonds is 5. The number of methoxy groups -OCH3 is 1. The zero-order chi connectivity index (χ0) is 17.0. The minimum Gasteiger partial charge on any atom is -0.465 e. The van der Waals surface area contributed by atoms with Crippen LogP contribution in [0.5, 0.6) is 0 Å². The molecule has 120 valence electrons. The molecule has 8 nitrogen and oxygen atoms in total. The number of hydrogen-bond donors (Lipinski definition) is 1. The van der Waals surface area contributed by atoms with E-state index in [1.165, 1.54) is 31.4 Å². The van der Waals surface area contributed by atoms with Crippen molar-refractivity contribution in [2.24, 2.45) is 0 Å². The lowest BCUT2D eigenvalue weighted by atomic mass is 10.2. The van der Waals surface area contributed by atoms with Gasteiger partial charge in [-0.25, -0.2) is 13.2 Å². The van der Waals surface area contributed by atoms with Crippen LogP contribution < -0.4 is 4.72 Å². The first-order valence-electron chi connectivity index (χ1n) is 6.29. The lowest BCUT2D eigenvalue weighted by molar-refractivity contribution is -0.384. The molecular formula is C14H12N2O6S. The van der Waals surface area contributed by atoms with Crippen molar-refractivity contribution in [3.8, 4) is 0 Å². The Balaban J connectivity index is 2.27. The number of non-ortho nitro benzene ring substituents is 1. The highest BCUT2D eigenvalue weighted by Crippen LogP contribution is 2.20. The second-order valence-electron chi connectivity index (χ2n) is 4.43. The van der Waals surface area contributed by atoms with Crippen LogP contribution in [0.15, 0.2) is 53.4 Å². The maximum atomic E-state index is 12.2. The van der Waals surface area contributed by atoms with E-state index < -0.39 is 20.9 Å². The Morgan fingerprint density at radius 1 is 1.17 bits per heavy atom. The van der Waals surface area contributed by atoms with E-state index in [2.05, 4.69) is 9.46 Å². The minimum absolute atomic E-state index is 0.133. The third-order valence-electron chi connectivity index (χ3n) is 2.89. The molecule has 0 saturated carbocycles. The van der Waals surface area contributed by atoms with E-state index in [0.717, 1.165) is 24.3 Å². The summed E-state index contributed by atoms with van der Waals surface area (Å²) >= 11 is 0. The summed E-state index contributed by atoms with van der Waals surface area (Å²) in [6.45, 7) is 0. The van der Waals surface area contributed by atoms with Gasteiger partial charge in [0.05, 0.1) is 22.5 Å². The van der Waals surface area contributed by atoms with Gasteiger partial charge in [0.2, 0.25) is 0 Å². The summed E-state index contributed by atoms with van der Waals surface area (Å²) in [5.74, 6) is -0.596. The maximum absolute atomic E-state index is 12.2. The predicted octanol–water partition coefficient (Wildman–Crippen LogP) is 2.18. The van der Waals surface area contributed by atoms with E-state index in [4.69, 9.17) is 0 Å². The second kappa shape index (κ2) is 6.44. The van der Waals surface area contributed by atoms with Gasteiger partial charge >= 0.3 is 5.97 Å². The van der Waals surface area contributed by atoms with Gasteiger partial charge in [-0.05, 0) is 30.3 Å². The molecule has 0 atom stereocenters. The van der Waals surface area contributed by atoms with Gasteiger partial charge in [-0.2, -0.15) is 0 Å². The van der Waals surface area contributed by atoms with E-state index >= 15 is 0 Å². The number of nitro benzene ring substituents is 1. The monoisotopic (exact) mass is 336 g/mol. The molecule has 0 heterocycles. The largest absolute Gasteiger partial charge is 0.465 e. The predicted molar refractivity (Wildman–Crippen MR) is 81.7 cm³/mol. The second-order valence-corrected chi connectivity index (χ2v) is 6.11. The van der Waals surface area contributed by atoms with Gasteiger partial charge in [0.1, 0.15) is 0 Å². The lowest BCUT2D eigenvalue weighted by Crippen LogP contribution is -2.13. The molecule has 23 heavy (non-hydrogen) atoms. The molecule has 0 aliphatic rings. The molecule has 0 bridgehead atoms. The van der Waals surface area contributed by atoms with Crippen LogP contribution in [0.3, 0.4) is 0 Å². The number of benzene rings is 2. The van der Waals surface area contributed by atoms with E-state index in [1.54, 1.807) is 0 Å². The van der Waals surface area contributed by atoms with Crippen LogP contribution >= 0.6 is 0 Å². The van der Waals surface area contributed by atoms with Crippen molar-refractivity contribution in [2.75, 3.05) is 11.8 Å². The summed E-state index contributed by atoms with van der Waals surface area (Å²) in [4.78, 5) is 21.3. The third-order valence-corrected chi connectivity index (χ3v) is 4.29. The first-order valence-corrected chi connectivity index (χ1v) is 7.77. The van der Waals surface area contributed by atoms with E-state index in [-0.39, 0.29) is 21.8 Å². The normalized spacial score (nSPS) is 10.8. The summed E-state index contributed by atoms with van der Waals surface area (Å²) < 4.78 is 31.3. The number of hydrogen-bond acceptors (Lipinski definition) is 6. The highest BCUT2D eigenvalue weighted by molar-refractivity contribution is 7.92. The average Bonchev–Trinajstić information content (AvgIpc) is 2.54. The van der Waals surface area contributed by atoms with Gasteiger partial charge in [-0.15, -0.1) is 0 Å². The standard InChI is InChI=1S/C14H12N2O6S/c1-22-14(17)10-3-2-4-11(9-10)15-23(20,21)13-7-5-12(6-8-13)16(18)19/h2-9,15H,1H3. The number of nitrogens with one attached hydrogen (secondary N) is 1. The fraction of sp³-hybridized carbons (Fsp3) is 0.0714. The molecule has 0 amide bonds. The molecule has 2 aromatic rings. The van der Waals surface area contributed by atoms with Gasteiger partial charge in [0.25, 0.3) is 15.7 Å². The number of sulfonamides is 1. The zero-order valence-electron chi connectivity index (χ0n) is 11.9. The minimum atomic E-state index is -3.93. The van der Waals surface area contributed by atoms with Crippen molar-refractivity contribution in [1.29, 1.82) is 0 Å². The van der Waals surface area contributed by atoms with Gasteiger partial charge in [0.15, 0.2) is 0 Å². The Morgan fingerprint density at radius 3 is 2.39 bits per heavy atom. The highest BCUT2D eigenvalue weighted by atomic mass is 32.2. The molecular weight excluding hydrogens is 324 g/mol. The van der Waals surface area contributed by atoms with Gasteiger partial charge < -0.3 is 4.74 Å². The summed E-state index contributed by atoms with van der Waals surface area (Å²) in [5, 5.41) is 10.6. The average molecular weight is 336 g/mol. The number of anilines is 1. The van der Waals surface area contributed by atoms with Gasteiger partial charge in [-0.1, -0.05) is 6.07 Å². The van der Waals surface area contributed by atoms with Crippen molar-refractivity contribution in [2.45, 2.75) is 4.90 Å². The van der Waals surface area contributed by atoms with Crippen molar-refractivity contribution in [3.63, 3.8) is 0 Å². The lowest BCUT2D eigenvalue weighted by Gasteiger charge is -2.09. The highest BCUT2D eigenvalue weighted by Gasteiger charge is 2.16. The molecule has 0 saturated heterocycles. The Bertz CT molecular complexity index is 846. The molecule has 0 aliphatic carbocycles. The molecule has 0 spiro atoms. The first-order chi connectivity index (χ1) is 10.8. The number of nitrogens with zero attached hydrogens (tertiary/aromatic N) is 1. The fourth-order valence-corrected chi connectivity index (χ4v) is 2.84. The van der Waals surface area contributed by atoms with Crippen LogP contribution in [-0.2, 0) is 14.8 Å². The Hall–Kier alpha value is -2.94. The van der Waals surface area contributed by atoms with Crippen molar-refractivity contribution in [3.05, 3.63) is 64.2 Å². The first kappa shape index (κ1) is 16.4. The maximum Gasteiger partial charge on any atom is 0.337 e. The molecule has 0 radical (unpaired) electrons. The van der Waals surface area contributed by atoms with Crippen LogP contribution in [0.1, 0.15) is 10.4 Å². The molecule has 0 unspecified atom stereocenters. The van der Waals surface area contributed by atoms with Crippen molar-refractivity contribution < 1.29 is 22.9 Å². The number of nitro groups is 1. The third kappa shape index (κ3) is 3.83. The Labute approximate surface area is 131 Å². The van der Waals surface area contributed by atoms with Gasteiger partial charge in [-0.3, -0.25) is 14.8 Å². The Kier molecular flexibility index (Phi) is 4.60. The van der Waals surface area contributed by atoms with Crippen molar-refractivity contribution in [1.82, 2.24) is 0 Å². The number of carbonyl (C=O) groups is 1. The summed E-state index contributed by atoms with van der Waals surface area (Å²) in [6.07, 6.45) is 0. The van der Waals surface area contributed by atoms with E-state index in [0.29, 0.717) is 0 Å². The van der Waals surface area contributed by atoms with Crippen LogP contribution in [0.25, 0.3) is 0 Å². The van der Waals surface area contributed by atoms with Gasteiger partial charge in [0, 0.05) is 17.8 Å². The van der Waals surface area contributed by atoms with Crippen LogP contribution in [-0.4, -0.2) is 26.4 Å². The van der Waals surface area contributed by atoms with Crippen LogP contribution in [0.2, 0.25) is 0 Å². The molecule has 2 aromatic carbocycles. The van der Waals surface area contributed by atoms with Crippen LogP contribution in [0.4, 0.5) is 11.4 Å². The SMILES string of the molecule is COC(=O)c1cccc(NS(=O)(=O)c2ccc([N+](=O)[O-])cc2)c1. The molecule has 2 rings (SSSR count). The number of esters is 1. The molecule has 1 N–H and O–H groups in total. The number of ether oxygens (including phenoxy) is 1. The van der Waals surface area contributed by atoms with Crippen LogP contribution in [0, 0.1) is 10.1 Å². The molecule has 0 aromatic heterocycles. The van der Waals surface area contributed by atoms with E-state index in [1.807, 2.05) is 0 Å². The zero-order valence-corrected chi connectivity index (χ0v) is 12.7. The fourth-order valence-electron chi connectivity index (χ4n) is 1.79. The molecule has 0 fully saturated rings. The topological polar surface area (TPSA) is 116 Å². The van der Waals surface area contributed by atoms with E-state index in [9.17, 15) is 23.3 Å². The Morgan fingerprint density at radius 2 is 1.83 bits per heavy atom. The smallest absolute Gasteiger partial charge is 0.337 e. The quantitative estimate of drug-likeness (QED) is 0.508. The van der Waals surface area contributed by atoms with Crippen molar-refractivity contribution >= 4 is 27.4 Å². The molecule has 0 aliphatic heterocycles. The molecule has 9 heteroatoms. The number of carbonyl (C=O) groups excluding carboxylic acids is 1.